The normalized spacial score (nSPS) is 22.3. The smallest absolute Gasteiger partial charge is 0.411 e. The van der Waals surface area contributed by atoms with E-state index in [4.69, 9.17) is 14.2 Å². The highest BCUT2D eigenvalue weighted by molar-refractivity contribution is 5.83. The van der Waals surface area contributed by atoms with Crippen LogP contribution in [0.2, 0.25) is 0 Å². The second-order valence-electron chi connectivity index (χ2n) is 9.50. The molecule has 1 rings (SSSR count). The molecule has 0 aromatic rings. The van der Waals surface area contributed by atoms with E-state index in [0.717, 1.165) is 0 Å². The highest BCUT2D eigenvalue weighted by atomic mass is 16.6. The van der Waals surface area contributed by atoms with Crippen LogP contribution in [0.5, 0.6) is 0 Å². The molecule has 1 heterocycles. The molecule has 30 heavy (non-hydrogen) atoms. The third-order valence-electron chi connectivity index (χ3n) is 4.39. The van der Waals surface area contributed by atoms with Gasteiger partial charge in [-0.2, -0.15) is 0 Å². The van der Waals surface area contributed by atoms with E-state index in [-0.39, 0.29) is 24.6 Å². The maximum absolute atomic E-state index is 13.1. The number of likely N-dealkylation sites (tertiary alicyclic amines) is 1. The van der Waals surface area contributed by atoms with Gasteiger partial charge in [0.15, 0.2) is 0 Å². The minimum atomic E-state index is -0.736. The van der Waals surface area contributed by atoms with Gasteiger partial charge in [0.1, 0.15) is 24.0 Å². The zero-order valence-corrected chi connectivity index (χ0v) is 19.6. The molecular formula is C22H38N2O6. The second-order valence-corrected chi connectivity index (χ2v) is 9.50. The van der Waals surface area contributed by atoms with Crippen LogP contribution in [-0.4, -0.2) is 59.5 Å². The first-order chi connectivity index (χ1) is 13.7. The third-order valence-corrected chi connectivity index (χ3v) is 4.39. The van der Waals surface area contributed by atoms with Crippen molar-refractivity contribution in [2.75, 3.05) is 13.3 Å². The molecule has 172 valence electrons. The Morgan fingerprint density at radius 1 is 1.07 bits per heavy atom. The lowest BCUT2D eigenvalue weighted by Crippen LogP contribution is -2.49. The summed E-state index contributed by atoms with van der Waals surface area (Å²) in [5.41, 5.74) is -1.35. The number of hydrogen-bond donors (Lipinski definition) is 1. The van der Waals surface area contributed by atoms with Crippen molar-refractivity contribution in [3.05, 3.63) is 12.2 Å². The number of rotatable bonds is 7. The summed E-state index contributed by atoms with van der Waals surface area (Å²) in [7, 11) is 0. The fraction of sp³-hybridized carbons (Fsp3) is 0.773. The lowest BCUT2D eigenvalue weighted by atomic mass is 9.96. The summed E-state index contributed by atoms with van der Waals surface area (Å²) >= 11 is 0. The molecule has 0 aromatic heterocycles. The fourth-order valence-corrected chi connectivity index (χ4v) is 3.36. The molecule has 8 nitrogen and oxygen atoms in total. The number of hydrogen-bond acceptors (Lipinski definition) is 6. The largest absolute Gasteiger partial charge is 0.458 e. The molecule has 1 fully saturated rings. The van der Waals surface area contributed by atoms with Crippen molar-refractivity contribution in [1.29, 1.82) is 0 Å². The number of amides is 2. The van der Waals surface area contributed by atoms with Crippen LogP contribution in [0.25, 0.3) is 0 Å². The average molecular weight is 427 g/mol. The van der Waals surface area contributed by atoms with Crippen molar-refractivity contribution in [2.45, 2.75) is 91.5 Å². The van der Waals surface area contributed by atoms with E-state index in [2.05, 4.69) is 5.32 Å². The highest BCUT2D eigenvalue weighted by Gasteiger charge is 2.48. The van der Waals surface area contributed by atoms with E-state index in [0.29, 0.717) is 19.4 Å². The molecule has 1 N–H and O–H groups in total. The number of esters is 1. The van der Waals surface area contributed by atoms with Gasteiger partial charge in [0.2, 0.25) is 5.91 Å². The van der Waals surface area contributed by atoms with Gasteiger partial charge in [-0.05, 0) is 61.3 Å². The summed E-state index contributed by atoms with van der Waals surface area (Å²) in [5.74, 6) is -0.656. The Labute approximate surface area is 180 Å². The first-order valence-electron chi connectivity index (χ1n) is 10.4. The van der Waals surface area contributed by atoms with E-state index in [1.807, 2.05) is 19.1 Å². The number of nitrogens with zero attached hydrogens (tertiary/aromatic N) is 1. The average Bonchev–Trinajstić information content (AvgIpc) is 2.90. The lowest BCUT2D eigenvalue weighted by molar-refractivity contribution is -0.160. The molecule has 0 bridgehead atoms. The van der Waals surface area contributed by atoms with Gasteiger partial charge < -0.3 is 19.5 Å². The van der Waals surface area contributed by atoms with Crippen molar-refractivity contribution < 1.29 is 28.6 Å². The minimum absolute atomic E-state index is 0.0376. The maximum Gasteiger partial charge on any atom is 0.411 e. The summed E-state index contributed by atoms with van der Waals surface area (Å²) in [6.07, 6.45) is 4.32. The molecule has 8 heteroatoms. The number of carbonyl (C=O) groups is 3. The Balaban J connectivity index is 3.07. The van der Waals surface area contributed by atoms with Crippen LogP contribution < -0.4 is 5.32 Å². The van der Waals surface area contributed by atoms with Gasteiger partial charge in [0, 0.05) is 18.9 Å². The highest BCUT2D eigenvalue weighted by Crippen LogP contribution is 2.35. The standard InChI is InChI=1S/C22H38N2O6/c1-9-10-16-13-18(19(26)29-21(3,4)5)24(20(27)30-22(6,7)8)17(16)11-12-28-14-23-15(2)25/h9-10,16-18H,11-14H2,1-8H3,(H,23,25)/t16-,17-,18-/m1/s1. The Bertz CT molecular complexity index is 633. The summed E-state index contributed by atoms with van der Waals surface area (Å²) in [6, 6.07) is -1.02. The van der Waals surface area contributed by atoms with Gasteiger partial charge in [-0.15, -0.1) is 0 Å². The van der Waals surface area contributed by atoms with Gasteiger partial charge in [-0.1, -0.05) is 12.2 Å². The molecule has 0 aromatic carbocycles. The molecule has 1 aliphatic rings. The quantitative estimate of drug-likeness (QED) is 0.290. The molecule has 0 aliphatic carbocycles. The van der Waals surface area contributed by atoms with Crippen LogP contribution >= 0.6 is 0 Å². The second kappa shape index (κ2) is 10.8. The van der Waals surface area contributed by atoms with Gasteiger partial charge in [0.25, 0.3) is 0 Å². The number of ether oxygens (including phenoxy) is 3. The van der Waals surface area contributed by atoms with Crippen molar-refractivity contribution in [3.8, 4) is 0 Å². The van der Waals surface area contributed by atoms with Crippen LogP contribution in [-0.2, 0) is 23.8 Å². The van der Waals surface area contributed by atoms with Crippen molar-refractivity contribution in [1.82, 2.24) is 10.2 Å². The van der Waals surface area contributed by atoms with Gasteiger partial charge in [-0.3, -0.25) is 9.69 Å². The van der Waals surface area contributed by atoms with Crippen LogP contribution in [0.1, 0.15) is 68.2 Å². The Hall–Kier alpha value is -2.09. The number of allylic oxidation sites excluding steroid dienone is 1. The van der Waals surface area contributed by atoms with Gasteiger partial charge >= 0.3 is 12.1 Å². The molecular weight excluding hydrogens is 388 g/mol. The zero-order valence-electron chi connectivity index (χ0n) is 19.6. The van der Waals surface area contributed by atoms with Crippen LogP contribution in [0.3, 0.4) is 0 Å². The monoisotopic (exact) mass is 426 g/mol. The molecule has 0 saturated carbocycles. The van der Waals surface area contributed by atoms with Crippen LogP contribution in [0.4, 0.5) is 4.79 Å². The SMILES string of the molecule is CC=C[C@@H]1C[C@H](C(=O)OC(C)(C)C)N(C(=O)OC(C)(C)C)[C@@H]1CCOCNC(C)=O. The molecule has 0 unspecified atom stereocenters. The molecule has 1 aliphatic heterocycles. The van der Waals surface area contributed by atoms with Crippen LogP contribution in [0.15, 0.2) is 12.2 Å². The summed E-state index contributed by atoms with van der Waals surface area (Å²) in [5, 5.41) is 2.57. The predicted octanol–water partition coefficient (Wildman–Crippen LogP) is 3.40. The topological polar surface area (TPSA) is 94.2 Å². The minimum Gasteiger partial charge on any atom is -0.458 e. The van der Waals surface area contributed by atoms with Crippen molar-refractivity contribution in [3.63, 3.8) is 0 Å². The van der Waals surface area contributed by atoms with Gasteiger partial charge in [0.05, 0.1) is 6.61 Å². The van der Waals surface area contributed by atoms with Crippen LogP contribution in [0, 0.1) is 5.92 Å². The van der Waals surface area contributed by atoms with Gasteiger partial charge in [-0.25, -0.2) is 9.59 Å². The van der Waals surface area contributed by atoms with E-state index < -0.39 is 29.3 Å². The van der Waals surface area contributed by atoms with Crippen molar-refractivity contribution >= 4 is 18.0 Å². The Morgan fingerprint density at radius 3 is 2.17 bits per heavy atom. The predicted molar refractivity (Wildman–Crippen MR) is 114 cm³/mol. The zero-order chi connectivity index (χ0) is 23.1. The summed E-state index contributed by atoms with van der Waals surface area (Å²) < 4.78 is 16.7. The summed E-state index contributed by atoms with van der Waals surface area (Å²) in [6.45, 7) is 14.5. The lowest BCUT2D eigenvalue weighted by Gasteiger charge is -2.33. The van der Waals surface area contributed by atoms with E-state index in [9.17, 15) is 14.4 Å². The van der Waals surface area contributed by atoms with E-state index in [1.165, 1.54) is 11.8 Å². The first kappa shape index (κ1) is 25.9. The summed E-state index contributed by atoms with van der Waals surface area (Å²) in [4.78, 5) is 38.5. The number of nitrogens with one attached hydrogen (secondary N) is 1. The van der Waals surface area contributed by atoms with E-state index >= 15 is 0 Å². The molecule has 2 amide bonds. The van der Waals surface area contributed by atoms with E-state index in [1.54, 1.807) is 41.5 Å². The molecule has 0 spiro atoms. The fourth-order valence-electron chi connectivity index (χ4n) is 3.36. The Kier molecular flexibility index (Phi) is 9.34. The van der Waals surface area contributed by atoms with Crippen molar-refractivity contribution in [2.24, 2.45) is 5.92 Å². The molecule has 3 atom stereocenters. The first-order valence-corrected chi connectivity index (χ1v) is 10.4. The Morgan fingerprint density at radius 2 is 1.67 bits per heavy atom. The molecule has 0 radical (unpaired) electrons. The maximum atomic E-state index is 13.1. The molecule has 1 saturated heterocycles. The third kappa shape index (κ3) is 8.73. The number of carbonyl (C=O) groups excluding carboxylic acids is 3.